The van der Waals surface area contributed by atoms with Crippen LogP contribution in [0, 0.1) is 5.41 Å². The first-order valence-corrected chi connectivity index (χ1v) is 5.90. The number of nitrogens with two attached hydrogens (primary N) is 1. The summed E-state index contributed by atoms with van der Waals surface area (Å²) in [7, 11) is 0. The summed E-state index contributed by atoms with van der Waals surface area (Å²) in [6.07, 6.45) is 1.71. The average Bonchev–Trinajstić information content (AvgIpc) is 2.41. The van der Waals surface area contributed by atoms with Crippen molar-refractivity contribution in [3.63, 3.8) is 0 Å². The Bertz CT molecular complexity index is 634. The van der Waals surface area contributed by atoms with E-state index in [-0.39, 0.29) is 11.4 Å². The van der Waals surface area contributed by atoms with Gasteiger partial charge in [0, 0.05) is 12.3 Å². The normalized spacial score (nSPS) is 10.1. The molecule has 0 aliphatic heterocycles. The Hall–Kier alpha value is -2.56. The Labute approximate surface area is 110 Å². The van der Waals surface area contributed by atoms with Crippen LogP contribution in [-0.2, 0) is 6.54 Å². The average molecular weight is 257 g/mol. The fourth-order valence-corrected chi connectivity index (χ4v) is 1.71. The van der Waals surface area contributed by atoms with Gasteiger partial charge in [0.2, 0.25) is 0 Å². The standard InChI is InChI=1S/C14H15N3O2/c15-14(16)11-5-1-2-6-12(11)19-10-9-17-8-4-3-7-13(17)18/h1-8H,9-10H2,(H3,15,16). The molecule has 0 amide bonds. The molecule has 1 heterocycles. The van der Waals surface area contributed by atoms with Crippen LogP contribution in [0.5, 0.6) is 5.75 Å². The minimum absolute atomic E-state index is 0.0347. The summed E-state index contributed by atoms with van der Waals surface area (Å²) in [6, 6.07) is 12.1. The second-order valence-electron chi connectivity index (χ2n) is 3.99. The topological polar surface area (TPSA) is 81.1 Å². The Morgan fingerprint density at radius 3 is 2.68 bits per heavy atom. The predicted octanol–water partition coefficient (Wildman–Crippen LogP) is 1.21. The molecule has 0 spiro atoms. The van der Waals surface area contributed by atoms with Gasteiger partial charge in [-0.1, -0.05) is 18.2 Å². The molecule has 0 aliphatic carbocycles. The van der Waals surface area contributed by atoms with Crippen molar-refractivity contribution in [3.05, 3.63) is 64.6 Å². The van der Waals surface area contributed by atoms with Crippen LogP contribution in [0.25, 0.3) is 0 Å². The van der Waals surface area contributed by atoms with E-state index in [4.69, 9.17) is 15.9 Å². The van der Waals surface area contributed by atoms with Crippen LogP contribution in [0.15, 0.2) is 53.5 Å². The summed E-state index contributed by atoms with van der Waals surface area (Å²) in [6.45, 7) is 0.792. The molecule has 0 aliphatic rings. The molecule has 0 saturated carbocycles. The summed E-state index contributed by atoms with van der Waals surface area (Å²) < 4.78 is 7.14. The van der Waals surface area contributed by atoms with Gasteiger partial charge in [0.1, 0.15) is 18.2 Å². The number of hydrogen-bond donors (Lipinski definition) is 2. The highest BCUT2D eigenvalue weighted by Gasteiger charge is 2.05. The third-order valence-electron chi connectivity index (χ3n) is 2.67. The molecule has 2 rings (SSSR count). The van der Waals surface area contributed by atoms with Crippen molar-refractivity contribution >= 4 is 5.84 Å². The molecule has 0 fully saturated rings. The van der Waals surface area contributed by atoms with Crippen molar-refractivity contribution in [1.82, 2.24) is 4.57 Å². The second kappa shape index (κ2) is 5.86. The first-order valence-electron chi connectivity index (χ1n) is 5.90. The lowest BCUT2D eigenvalue weighted by molar-refractivity contribution is 0.296. The second-order valence-corrected chi connectivity index (χ2v) is 3.99. The van der Waals surface area contributed by atoms with E-state index in [2.05, 4.69) is 0 Å². The number of nitrogens with one attached hydrogen (secondary N) is 1. The van der Waals surface area contributed by atoms with Gasteiger partial charge in [-0.15, -0.1) is 0 Å². The Kier molecular flexibility index (Phi) is 3.97. The van der Waals surface area contributed by atoms with E-state index in [1.54, 1.807) is 41.1 Å². The molecule has 0 radical (unpaired) electrons. The minimum Gasteiger partial charge on any atom is -0.491 e. The first kappa shape index (κ1) is 12.9. The molecule has 5 nitrogen and oxygen atoms in total. The van der Waals surface area contributed by atoms with E-state index >= 15 is 0 Å². The maximum Gasteiger partial charge on any atom is 0.250 e. The fraction of sp³-hybridized carbons (Fsp3) is 0.143. The molecule has 0 unspecified atom stereocenters. The van der Waals surface area contributed by atoms with Crippen LogP contribution in [0.1, 0.15) is 5.56 Å². The van der Waals surface area contributed by atoms with Crippen molar-refractivity contribution in [2.24, 2.45) is 5.73 Å². The van der Waals surface area contributed by atoms with Gasteiger partial charge in [-0.05, 0) is 18.2 Å². The number of rotatable bonds is 5. The molecule has 0 bridgehead atoms. The zero-order chi connectivity index (χ0) is 13.7. The predicted molar refractivity (Wildman–Crippen MR) is 73.7 cm³/mol. The van der Waals surface area contributed by atoms with E-state index in [0.717, 1.165) is 0 Å². The highest BCUT2D eigenvalue weighted by molar-refractivity contribution is 5.97. The van der Waals surface area contributed by atoms with E-state index in [0.29, 0.717) is 24.5 Å². The molecule has 1 aromatic heterocycles. The lowest BCUT2D eigenvalue weighted by atomic mass is 10.2. The summed E-state index contributed by atoms with van der Waals surface area (Å²) in [5, 5.41) is 7.45. The number of para-hydroxylation sites is 1. The number of benzene rings is 1. The highest BCUT2D eigenvalue weighted by Crippen LogP contribution is 2.16. The number of aromatic nitrogens is 1. The van der Waals surface area contributed by atoms with Gasteiger partial charge in [-0.2, -0.15) is 0 Å². The maximum atomic E-state index is 11.5. The van der Waals surface area contributed by atoms with Gasteiger partial charge in [0.15, 0.2) is 0 Å². The summed E-state index contributed by atoms with van der Waals surface area (Å²) in [4.78, 5) is 11.5. The number of nitrogens with zero attached hydrogens (tertiary/aromatic N) is 1. The van der Waals surface area contributed by atoms with Crippen molar-refractivity contribution < 1.29 is 4.74 Å². The van der Waals surface area contributed by atoms with Crippen LogP contribution >= 0.6 is 0 Å². The molecular weight excluding hydrogens is 242 g/mol. The molecule has 0 saturated heterocycles. The zero-order valence-electron chi connectivity index (χ0n) is 10.4. The van der Waals surface area contributed by atoms with Crippen molar-refractivity contribution in [3.8, 4) is 5.75 Å². The summed E-state index contributed by atoms with van der Waals surface area (Å²) in [5.41, 5.74) is 5.96. The van der Waals surface area contributed by atoms with E-state index in [9.17, 15) is 4.79 Å². The van der Waals surface area contributed by atoms with Gasteiger partial charge < -0.3 is 15.0 Å². The van der Waals surface area contributed by atoms with Crippen LogP contribution in [0.2, 0.25) is 0 Å². The number of ether oxygens (including phenoxy) is 1. The van der Waals surface area contributed by atoms with Gasteiger partial charge in [0.25, 0.3) is 5.56 Å². The fourth-order valence-electron chi connectivity index (χ4n) is 1.71. The van der Waals surface area contributed by atoms with E-state index < -0.39 is 0 Å². The molecule has 19 heavy (non-hydrogen) atoms. The maximum absolute atomic E-state index is 11.5. The Morgan fingerprint density at radius 1 is 1.21 bits per heavy atom. The molecular formula is C14H15N3O2. The third kappa shape index (κ3) is 3.22. The van der Waals surface area contributed by atoms with Gasteiger partial charge in [0.05, 0.1) is 12.1 Å². The highest BCUT2D eigenvalue weighted by atomic mass is 16.5. The number of pyridine rings is 1. The Morgan fingerprint density at radius 2 is 1.95 bits per heavy atom. The van der Waals surface area contributed by atoms with Crippen molar-refractivity contribution in [2.75, 3.05) is 6.61 Å². The summed E-state index contributed by atoms with van der Waals surface area (Å²) in [5.74, 6) is 0.520. The van der Waals surface area contributed by atoms with Crippen LogP contribution < -0.4 is 16.0 Å². The smallest absolute Gasteiger partial charge is 0.250 e. The lowest BCUT2D eigenvalue weighted by Crippen LogP contribution is -2.21. The largest absolute Gasteiger partial charge is 0.491 e. The molecule has 2 aromatic rings. The Balaban J connectivity index is 2.02. The number of nitrogen functional groups attached to an aromatic ring is 1. The van der Waals surface area contributed by atoms with E-state index in [1.165, 1.54) is 6.07 Å². The minimum atomic E-state index is -0.0639. The van der Waals surface area contributed by atoms with Crippen LogP contribution in [0.4, 0.5) is 0 Å². The van der Waals surface area contributed by atoms with Gasteiger partial charge >= 0.3 is 0 Å². The quantitative estimate of drug-likeness (QED) is 0.624. The van der Waals surface area contributed by atoms with Crippen molar-refractivity contribution in [2.45, 2.75) is 6.54 Å². The summed E-state index contributed by atoms with van der Waals surface area (Å²) >= 11 is 0. The third-order valence-corrected chi connectivity index (χ3v) is 2.67. The van der Waals surface area contributed by atoms with Crippen LogP contribution in [0.3, 0.4) is 0 Å². The number of amidine groups is 1. The van der Waals surface area contributed by atoms with Gasteiger partial charge in [-0.3, -0.25) is 10.2 Å². The van der Waals surface area contributed by atoms with Gasteiger partial charge in [-0.25, -0.2) is 0 Å². The SMILES string of the molecule is N=C(N)c1ccccc1OCCn1ccccc1=O. The first-order chi connectivity index (χ1) is 9.18. The lowest BCUT2D eigenvalue weighted by Gasteiger charge is -2.11. The zero-order valence-corrected chi connectivity index (χ0v) is 10.4. The molecule has 98 valence electrons. The molecule has 3 N–H and O–H groups in total. The monoisotopic (exact) mass is 257 g/mol. The number of hydrogen-bond acceptors (Lipinski definition) is 3. The van der Waals surface area contributed by atoms with Crippen LogP contribution in [-0.4, -0.2) is 17.0 Å². The molecule has 5 heteroatoms. The van der Waals surface area contributed by atoms with Crippen molar-refractivity contribution in [1.29, 1.82) is 5.41 Å². The van der Waals surface area contributed by atoms with E-state index in [1.807, 2.05) is 6.07 Å². The molecule has 0 atom stereocenters. The molecule has 1 aromatic carbocycles.